The first kappa shape index (κ1) is 17.3. The third kappa shape index (κ3) is 4.66. The van der Waals surface area contributed by atoms with E-state index in [-0.39, 0.29) is 24.2 Å². The number of hydrogen-bond acceptors (Lipinski definition) is 4. The second-order valence-corrected chi connectivity index (χ2v) is 5.57. The third-order valence-corrected chi connectivity index (χ3v) is 4.18. The summed E-state index contributed by atoms with van der Waals surface area (Å²) in [7, 11) is 0. The Morgan fingerprint density at radius 2 is 1.95 bits per heavy atom. The maximum atomic E-state index is 12.1. The van der Waals surface area contributed by atoms with Crippen molar-refractivity contribution in [3.8, 4) is 0 Å². The van der Waals surface area contributed by atoms with Gasteiger partial charge in [0.05, 0.1) is 6.04 Å². The van der Waals surface area contributed by atoms with Crippen molar-refractivity contribution in [3.63, 3.8) is 0 Å². The van der Waals surface area contributed by atoms with Gasteiger partial charge in [-0.2, -0.15) is 0 Å². The highest BCUT2D eigenvalue weighted by molar-refractivity contribution is 7.98. The molecule has 6 heteroatoms. The molecular formula is C14H21ClN2O2S. The monoisotopic (exact) mass is 316 g/mol. The Labute approximate surface area is 130 Å². The van der Waals surface area contributed by atoms with Crippen LogP contribution in [0.1, 0.15) is 12.8 Å². The highest BCUT2D eigenvalue weighted by Crippen LogP contribution is 2.20. The average molecular weight is 317 g/mol. The van der Waals surface area contributed by atoms with Crippen LogP contribution >= 0.6 is 24.2 Å². The van der Waals surface area contributed by atoms with Crippen molar-refractivity contribution < 1.29 is 9.53 Å². The summed E-state index contributed by atoms with van der Waals surface area (Å²) in [4.78, 5) is 13.3. The Hall–Kier alpha value is -0.750. The number of amides is 1. The minimum atomic E-state index is -0.455. The molecule has 1 aromatic carbocycles. The fourth-order valence-electron chi connectivity index (χ4n) is 2.19. The van der Waals surface area contributed by atoms with Crippen molar-refractivity contribution in [2.45, 2.75) is 23.8 Å². The number of rotatable bonds is 4. The molecule has 3 N–H and O–H groups in total. The number of thioether (sulfide) groups is 1. The summed E-state index contributed by atoms with van der Waals surface area (Å²) in [6.07, 6.45) is 3.74. The summed E-state index contributed by atoms with van der Waals surface area (Å²) in [6, 6.07) is 7.32. The summed E-state index contributed by atoms with van der Waals surface area (Å²) in [5.74, 6) is 0.114. The molecule has 1 aliphatic heterocycles. The lowest BCUT2D eigenvalue weighted by Crippen LogP contribution is -2.43. The van der Waals surface area contributed by atoms with Crippen molar-refractivity contribution in [2.75, 3.05) is 24.8 Å². The van der Waals surface area contributed by atoms with Crippen LogP contribution < -0.4 is 11.1 Å². The van der Waals surface area contributed by atoms with Gasteiger partial charge in [0, 0.05) is 23.8 Å². The predicted molar refractivity (Wildman–Crippen MR) is 85.6 cm³/mol. The van der Waals surface area contributed by atoms with Crippen LogP contribution in [0.2, 0.25) is 0 Å². The standard InChI is InChI=1S/C14H20N2O2S.ClH/c1-19-12-4-2-11(3-5-12)16-14(17)13(15)10-6-8-18-9-7-10;/h2-5,10,13H,6-9,15H2,1H3,(H,16,17);1H. The summed E-state index contributed by atoms with van der Waals surface area (Å²) in [5, 5.41) is 2.88. The number of anilines is 1. The quantitative estimate of drug-likeness (QED) is 0.838. The predicted octanol–water partition coefficient (Wildman–Crippen LogP) is 2.52. The van der Waals surface area contributed by atoms with Gasteiger partial charge < -0.3 is 15.8 Å². The summed E-state index contributed by atoms with van der Waals surface area (Å²) in [5.41, 5.74) is 6.82. The van der Waals surface area contributed by atoms with Crippen molar-refractivity contribution in [3.05, 3.63) is 24.3 Å². The van der Waals surface area contributed by atoms with Crippen LogP contribution in [-0.2, 0) is 9.53 Å². The topological polar surface area (TPSA) is 64.4 Å². The number of halogens is 1. The van der Waals surface area contributed by atoms with E-state index in [0.29, 0.717) is 13.2 Å². The lowest BCUT2D eigenvalue weighted by Gasteiger charge is -2.26. The van der Waals surface area contributed by atoms with Gasteiger partial charge in [0.2, 0.25) is 5.91 Å². The molecule has 1 amide bonds. The van der Waals surface area contributed by atoms with Crippen molar-refractivity contribution in [1.82, 2.24) is 0 Å². The molecule has 0 radical (unpaired) electrons. The molecule has 1 fully saturated rings. The molecule has 0 aliphatic carbocycles. The Balaban J connectivity index is 0.00000200. The van der Waals surface area contributed by atoms with E-state index in [1.807, 2.05) is 30.5 Å². The van der Waals surface area contributed by atoms with Crippen LogP contribution in [0.4, 0.5) is 5.69 Å². The van der Waals surface area contributed by atoms with Crippen LogP contribution in [0.3, 0.4) is 0 Å². The zero-order valence-electron chi connectivity index (χ0n) is 11.5. The van der Waals surface area contributed by atoms with Crippen molar-refractivity contribution in [2.24, 2.45) is 11.7 Å². The Bertz CT molecular complexity index is 422. The Kier molecular flexibility index (Phi) is 7.37. The molecular weight excluding hydrogens is 296 g/mol. The van der Waals surface area contributed by atoms with Gasteiger partial charge in [-0.05, 0) is 49.3 Å². The molecule has 0 spiro atoms. The second-order valence-electron chi connectivity index (χ2n) is 4.69. The van der Waals surface area contributed by atoms with Crippen LogP contribution in [0.5, 0.6) is 0 Å². The molecule has 1 saturated heterocycles. The van der Waals surface area contributed by atoms with E-state index in [0.717, 1.165) is 18.5 Å². The molecule has 0 aromatic heterocycles. The number of carbonyl (C=O) groups is 1. The largest absolute Gasteiger partial charge is 0.381 e. The molecule has 20 heavy (non-hydrogen) atoms. The molecule has 112 valence electrons. The molecule has 1 aliphatic rings. The normalized spacial score (nSPS) is 17.1. The van der Waals surface area contributed by atoms with Crippen LogP contribution in [-0.4, -0.2) is 31.4 Å². The lowest BCUT2D eigenvalue weighted by atomic mass is 9.92. The first-order chi connectivity index (χ1) is 9.20. The lowest BCUT2D eigenvalue weighted by molar-refractivity contribution is -0.119. The molecule has 1 atom stereocenters. The van der Waals surface area contributed by atoms with E-state index in [9.17, 15) is 4.79 Å². The Morgan fingerprint density at radius 3 is 2.50 bits per heavy atom. The number of hydrogen-bond donors (Lipinski definition) is 2. The van der Waals surface area contributed by atoms with Crippen LogP contribution in [0.25, 0.3) is 0 Å². The summed E-state index contributed by atoms with van der Waals surface area (Å²) < 4.78 is 5.28. The number of nitrogens with two attached hydrogens (primary N) is 1. The molecule has 1 heterocycles. The van der Waals surface area contributed by atoms with Gasteiger partial charge >= 0.3 is 0 Å². The molecule has 2 rings (SSSR count). The smallest absolute Gasteiger partial charge is 0.241 e. The highest BCUT2D eigenvalue weighted by atomic mass is 35.5. The van der Waals surface area contributed by atoms with Crippen molar-refractivity contribution in [1.29, 1.82) is 0 Å². The third-order valence-electron chi connectivity index (χ3n) is 3.43. The fourth-order valence-corrected chi connectivity index (χ4v) is 2.60. The summed E-state index contributed by atoms with van der Waals surface area (Å²) >= 11 is 1.67. The van der Waals surface area contributed by atoms with Gasteiger partial charge in [0.1, 0.15) is 0 Å². The van der Waals surface area contributed by atoms with Crippen LogP contribution in [0.15, 0.2) is 29.2 Å². The first-order valence-electron chi connectivity index (χ1n) is 6.49. The molecule has 1 aromatic rings. The van der Waals surface area contributed by atoms with Crippen LogP contribution in [0, 0.1) is 5.92 Å². The highest BCUT2D eigenvalue weighted by Gasteiger charge is 2.26. The fraction of sp³-hybridized carbons (Fsp3) is 0.500. The van der Waals surface area contributed by atoms with E-state index in [2.05, 4.69) is 5.32 Å². The van der Waals surface area contributed by atoms with E-state index < -0.39 is 6.04 Å². The van der Waals surface area contributed by atoms with Gasteiger partial charge in [0.25, 0.3) is 0 Å². The van der Waals surface area contributed by atoms with Gasteiger partial charge in [-0.15, -0.1) is 24.2 Å². The van der Waals surface area contributed by atoms with Gasteiger partial charge in [0.15, 0.2) is 0 Å². The van der Waals surface area contributed by atoms with Gasteiger partial charge in [-0.3, -0.25) is 4.79 Å². The zero-order chi connectivity index (χ0) is 13.7. The molecule has 0 saturated carbocycles. The number of ether oxygens (including phenoxy) is 1. The zero-order valence-corrected chi connectivity index (χ0v) is 13.1. The Morgan fingerprint density at radius 1 is 1.35 bits per heavy atom. The number of nitrogens with one attached hydrogen (secondary N) is 1. The van der Waals surface area contributed by atoms with Gasteiger partial charge in [-0.25, -0.2) is 0 Å². The van der Waals surface area contributed by atoms with E-state index in [1.165, 1.54) is 4.90 Å². The number of benzene rings is 1. The molecule has 1 unspecified atom stereocenters. The maximum absolute atomic E-state index is 12.1. The minimum Gasteiger partial charge on any atom is -0.381 e. The van der Waals surface area contributed by atoms with E-state index in [1.54, 1.807) is 11.8 Å². The SMILES string of the molecule is CSc1ccc(NC(=O)C(N)C2CCOCC2)cc1.Cl. The van der Waals surface area contributed by atoms with E-state index in [4.69, 9.17) is 10.5 Å². The van der Waals surface area contributed by atoms with E-state index >= 15 is 0 Å². The minimum absolute atomic E-state index is 0. The molecule has 0 bridgehead atoms. The van der Waals surface area contributed by atoms with Crippen molar-refractivity contribution >= 4 is 35.8 Å². The average Bonchev–Trinajstić information content (AvgIpc) is 2.48. The first-order valence-corrected chi connectivity index (χ1v) is 7.71. The van der Waals surface area contributed by atoms with Gasteiger partial charge in [-0.1, -0.05) is 0 Å². The number of carbonyl (C=O) groups excluding carboxylic acids is 1. The summed E-state index contributed by atoms with van der Waals surface area (Å²) in [6.45, 7) is 1.40. The maximum Gasteiger partial charge on any atom is 0.241 e. The molecule has 4 nitrogen and oxygen atoms in total. The second kappa shape index (κ2) is 8.52.